The first-order chi connectivity index (χ1) is 6.41. The van der Waals surface area contributed by atoms with Crippen LogP contribution < -0.4 is 11.1 Å². The lowest BCUT2D eigenvalue weighted by atomic mass is 9.99. The van der Waals surface area contributed by atoms with Crippen LogP contribution in [0.25, 0.3) is 0 Å². The highest BCUT2D eigenvalue weighted by molar-refractivity contribution is 4.85. The minimum atomic E-state index is 0.143. The molecule has 0 rings (SSSR count). The molecule has 0 aliphatic carbocycles. The van der Waals surface area contributed by atoms with E-state index in [9.17, 15) is 0 Å². The molecule has 0 aromatic carbocycles. The molecule has 3 N–H and O–H groups in total. The molecule has 2 heteroatoms. The van der Waals surface area contributed by atoms with E-state index in [0.717, 1.165) is 19.3 Å². The van der Waals surface area contributed by atoms with Gasteiger partial charge in [0.1, 0.15) is 0 Å². The molecule has 0 radical (unpaired) electrons. The van der Waals surface area contributed by atoms with E-state index in [0.29, 0.717) is 6.04 Å². The summed E-state index contributed by atoms with van der Waals surface area (Å²) in [4.78, 5) is 0. The Morgan fingerprint density at radius 3 is 2.43 bits per heavy atom. The number of hydrogen-bond acceptors (Lipinski definition) is 2. The molecule has 2 nitrogen and oxygen atoms in total. The average Bonchev–Trinajstić information content (AvgIpc) is 2.13. The van der Waals surface area contributed by atoms with Gasteiger partial charge in [0.15, 0.2) is 0 Å². The van der Waals surface area contributed by atoms with Crippen molar-refractivity contribution < 1.29 is 0 Å². The lowest BCUT2D eigenvalue weighted by Crippen LogP contribution is -2.44. The Balaban J connectivity index is 3.75. The maximum atomic E-state index is 5.77. The van der Waals surface area contributed by atoms with Gasteiger partial charge in [-0.3, -0.25) is 0 Å². The molecule has 0 aliphatic heterocycles. The highest BCUT2D eigenvalue weighted by Gasteiger charge is 2.17. The van der Waals surface area contributed by atoms with E-state index in [1.807, 2.05) is 6.08 Å². The Hall–Kier alpha value is -0.340. The number of nitrogens with two attached hydrogens (primary N) is 1. The summed E-state index contributed by atoms with van der Waals surface area (Å²) in [5, 5.41) is 3.60. The van der Waals surface area contributed by atoms with Gasteiger partial charge in [0.25, 0.3) is 0 Å². The molecular weight excluding hydrogens is 172 g/mol. The molecule has 0 spiro atoms. The van der Waals surface area contributed by atoms with Crippen LogP contribution in [0.3, 0.4) is 0 Å². The summed E-state index contributed by atoms with van der Waals surface area (Å²) in [6, 6.07) is 0.667. The molecule has 0 amide bonds. The maximum absolute atomic E-state index is 5.77. The largest absolute Gasteiger partial charge is 0.324 e. The fraction of sp³-hybridized carbons (Fsp3) is 0.833. The van der Waals surface area contributed by atoms with Crippen LogP contribution in [0.15, 0.2) is 12.7 Å². The van der Waals surface area contributed by atoms with Crippen molar-refractivity contribution in [2.45, 2.75) is 64.6 Å². The third kappa shape index (κ3) is 6.17. The van der Waals surface area contributed by atoms with Crippen LogP contribution in [0.4, 0.5) is 0 Å². The van der Waals surface area contributed by atoms with Crippen molar-refractivity contribution in [2.24, 2.45) is 5.73 Å². The van der Waals surface area contributed by atoms with E-state index in [2.05, 4.69) is 39.6 Å². The van der Waals surface area contributed by atoms with Crippen molar-refractivity contribution in [3.63, 3.8) is 0 Å². The van der Waals surface area contributed by atoms with Gasteiger partial charge in [-0.15, -0.1) is 6.58 Å². The van der Waals surface area contributed by atoms with Gasteiger partial charge in [0.05, 0.1) is 0 Å². The lowest BCUT2D eigenvalue weighted by molar-refractivity contribution is 0.320. The number of hydrogen-bond donors (Lipinski definition) is 2. The minimum absolute atomic E-state index is 0.143. The third-order valence-corrected chi connectivity index (χ3v) is 2.76. The molecule has 0 saturated heterocycles. The molecule has 0 saturated carbocycles. The quantitative estimate of drug-likeness (QED) is 0.617. The second-order valence-electron chi connectivity index (χ2n) is 4.76. The van der Waals surface area contributed by atoms with Gasteiger partial charge in [0, 0.05) is 17.6 Å². The second kappa shape index (κ2) is 6.20. The highest BCUT2D eigenvalue weighted by atomic mass is 15.0. The van der Waals surface area contributed by atoms with E-state index in [4.69, 9.17) is 5.73 Å². The van der Waals surface area contributed by atoms with Crippen molar-refractivity contribution in [1.82, 2.24) is 5.32 Å². The lowest BCUT2D eigenvalue weighted by Gasteiger charge is -2.29. The summed E-state index contributed by atoms with van der Waals surface area (Å²) >= 11 is 0. The first kappa shape index (κ1) is 13.7. The smallest absolute Gasteiger partial charge is 0.0221 e. The summed E-state index contributed by atoms with van der Waals surface area (Å²) in [5.41, 5.74) is 6.01. The molecule has 84 valence electrons. The average molecular weight is 198 g/mol. The van der Waals surface area contributed by atoms with Gasteiger partial charge in [-0.2, -0.15) is 0 Å². The molecule has 0 aliphatic rings. The van der Waals surface area contributed by atoms with Crippen molar-refractivity contribution in [2.75, 3.05) is 0 Å². The van der Waals surface area contributed by atoms with Crippen LogP contribution in [-0.4, -0.2) is 17.6 Å². The topological polar surface area (TPSA) is 38.0 Å². The Morgan fingerprint density at radius 2 is 2.00 bits per heavy atom. The molecule has 0 bridgehead atoms. The molecule has 0 fully saturated rings. The van der Waals surface area contributed by atoms with Gasteiger partial charge < -0.3 is 11.1 Å². The van der Waals surface area contributed by atoms with Gasteiger partial charge in [-0.25, -0.2) is 0 Å². The number of rotatable bonds is 7. The van der Waals surface area contributed by atoms with Crippen LogP contribution in [0, 0.1) is 0 Å². The predicted molar refractivity (Wildman–Crippen MR) is 64.4 cm³/mol. The van der Waals surface area contributed by atoms with Crippen LogP contribution >= 0.6 is 0 Å². The van der Waals surface area contributed by atoms with Crippen molar-refractivity contribution in [3.8, 4) is 0 Å². The molecule has 14 heavy (non-hydrogen) atoms. The van der Waals surface area contributed by atoms with Crippen LogP contribution in [-0.2, 0) is 0 Å². The molecule has 2 unspecified atom stereocenters. The SMILES string of the molecule is C=CC(N)CCC(C)NC(C)(C)CC. The highest BCUT2D eigenvalue weighted by Crippen LogP contribution is 2.10. The van der Waals surface area contributed by atoms with Crippen molar-refractivity contribution in [3.05, 3.63) is 12.7 Å². The molecule has 0 aromatic rings. The molecule has 0 aromatic heterocycles. The standard InChI is InChI=1S/C12H26N2/c1-6-11(13)9-8-10(3)14-12(4,5)7-2/h6,10-11,14H,1,7-9,13H2,2-5H3. The summed E-state index contributed by atoms with van der Waals surface area (Å²) in [6.45, 7) is 12.6. The Morgan fingerprint density at radius 1 is 1.43 bits per heavy atom. The Labute approximate surface area is 89.0 Å². The third-order valence-electron chi connectivity index (χ3n) is 2.76. The Bertz CT molecular complexity index is 164. The first-order valence-corrected chi connectivity index (χ1v) is 5.57. The van der Waals surface area contributed by atoms with Crippen LogP contribution in [0.2, 0.25) is 0 Å². The summed E-state index contributed by atoms with van der Waals surface area (Å²) in [5.74, 6) is 0. The van der Waals surface area contributed by atoms with Crippen LogP contribution in [0.5, 0.6) is 0 Å². The zero-order valence-electron chi connectivity index (χ0n) is 10.1. The van der Waals surface area contributed by atoms with E-state index in [1.54, 1.807) is 0 Å². The summed E-state index contributed by atoms with van der Waals surface area (Å²) in [7, 11) is 0. The normalized spacial score (nSPS) is 16.4. The van der Waals surface area contributed by atoms with Gasteiger partial charge in [-0.05, 0) is 40.0 Å². The van der Waals surface area contributed by atoms with E-state index >= 15 is 0 Å². The van der Waals surface area contributed by atoms with Gasteiger partial charge in [0.2, 0.25) is 0 Å². The molecular formula is C12H26N2. The zero-order valence-corrected chi connectivity index (χ0v) is 10.1. The zero-order chi connectivity index (χ0) is 11.2. The van der Waals surface area contributed by atoms with Gasteiger partial charge in [-0.1, -0.05) is 13.0 Å². The van der Waals surface area contributed by atoms with E-state index in [1.165, 1.54) is 0 Å². The van der Waals surface area contributed by atoms with Crippen molar-refractivity contribution >= 4 is 0 Å². The first-order valence-electron chi connectivity index (χ1n) is 5.57. The van der Waals surface area contributed by atoms with Gasteiger partial charge >= 0.3 is 0 Å². The minimum Gasteiger partial charge on any atom is -0.324 e. The number of nitrogens with one attached hydrogen (secondary N) is 1. The predicted octanol–water partition coefficient (Wildman–Crippen LogP) is 2.45. The maximum Gasteiger partial charge on any atom is 0.0221 e. The summed E-state index contributed by atoms with van der Waals surface area (Å²) < 4.78 is 0. The second-order valence-corrected chi connectivity index (χ2v) is 4.76. The monoisotopic (exact) mass is 198 g/mol. The van der Waals surface area contributed by atoms with Crippen LogP contribution in [0.1, 0.15) is 47.0 Å². The van der Waals surface area contributed by atoms with Crippen molar-refractivity contribution in [1.29, 1.82) is 0 Å². The fourth-order valence-electron chi connectivity index (χ4n) is 1.40. The molecule has 2 atom stereocenters. The van der Waals surface area contributed by atoms with E-state index in [-0.39, 0.29) is 11.6 Å². The summed E-state index contributed by atoms with van der Waals surface area (Å²) in [6.07, 6.45) is 5.08. The Kier molecular flexibility index (Phi) is 6.05. The molecule has 0 heterocycles. The fourth-order valence-corrected chi connectivity index (χ4v) is 1.40. The van der Waals surface area contributed by atoms with E-state index < -0.39 is 0 Å².